The van der Waals surface area contributed by atoms with Crippen LogP contribution in [0.2, 0.25) is 0 Å². The van der Waals surface area contributed by atoms with E-state index in [1.165, 1.54) is 0 Å². The molecule has 18 heavy (non-hydrogen) atoms. The minimum absolute atomic E-state index is 0.523. The number of nitrogens with one attached hydrogen (secondary N) is 1. The normalized spacial score (nSPS) is 10.0. The largest absolute Gasteiger partial charge is 0.377 e. The number of nitriles is 1. The van der Waals surface area contributed by atoms with Gasteiger partial charge in [0.2, 0.25) is 0 Å². The van der Waals surface area contributed by atoms with E-state index in [1.54, 1.807) is 24.0 Å². The summed E-state index contributed by atoms with van der Waals surface area (Å²) in [5.41, 5.74) is 1.51. The van der Waals surface area contributed by atoms with Gasteiger partial charge in [0, 0.05) is 11.0 Å². The van der Waals surface area contributed by atoms with Crippen LogP contribution in [0, 0.1) is 11.3 Å². The predicted octanol–water partition coefficient (Wildman–Crippen LogP) is 3.27. The van der Waals surface area contributed by atoms with Crippen molar-refractivity contribution in [2.45, 2.75) is 18.4 Å². The molecule has 0 saturated heterocycles. The second-order valence-electron chi connectivity index (χ2n) is 3.56. The predicted molar refractivity (Wildman–Crippen MR) is 71.4 cm³/mol. The molecule has 0 aliphatic heterocycles. The van der Waals surface area contributed by atoms with Crippen LogP contribution in [0.5, 0.6) is 0 Å². The summed E-state index contributed by atoms with van der Waals surface area (Å²) in [5.74, 6) is 1.69. The third-order valence-electron chi connectivity index (χ3n) is 2.38. The second kappa shape index (κ2) is 6.12. The Morgan fingerprint density at radius 1 is 1.44 bits per heavy atom. The van der Waals surface area contributed by atoms with Crippen LogP contribution in [0.1, 0.15) is 18.2 Å². The van der Waals surface area contributed by atoms with Gasteiger partial charge in [-0.1, -0.05) is 18.1 Å². The molecule has 0 aliphatic rings. The van der Waals surface area contributed by atoms with Crippen molar-refractivity contribution in [3.05, 3.63) is 41.8 Å². The van der Waals surface area contributed by atoms with E-state index in [0.29, 0.717) is 12.1 Å². The summed E-state index contributed by atoms with van der Waals surface area (Å²) < 4.78 is 5.01. The molecule has 0 fully saturated rings. The molecule has 4 nitrogen and oxygen atoms in total. The summed E-state index contributed by atoms with van der Waals surface area (Å²) in [7, 11) is 0. The third kappa shape index (κ3) is 2.84. The van der Waals surface area contributed by atoms with Crippen LogP contribution < -0.4 is 5.32 Å². The minimum Gasteiger partial charge on any atom is -0.377 e. The van der Waals surface area contributed by atoms with Crippen molar-refractivity contribution in [3.8, 4) is 6.07 Å². The van der Waals surface area contributed by atoms with Crippen LogP contribution in [0.4, 0.5) is 5.69 Å². The zero-order chi connectivity index (χ0) is 12.8. The summed E-state index contributed by atoms with van der Waals surface area (Å²) in [5, 5.41) is 16.1. The van der Waals surface area contributed by atoms with E-state index in [2.05, 4.69) is 23.5 Å². The zero-order valence-electron chi connectivity index (χ0n) is 10.0. The minimum atomic E-state index is 0.523. The van der Waals surface area contributed by atoms with Gasteiger partial charge in [-0.3, -0.25) is 0 Å². The molecule has 1 aromatic heterocycles. The monoisotopic (exact) mass is 259 g/mol. The second-order valence-corrected chi connectivity index (χ2v) is 4.86. The van der Waals surface area contributed by atoms with Gasteiger partial charge in [-0.05, 0) is 17.9 Å². The van der Waals surface area contributed by atoms with E-state index < -0.39 is 0 Å². The molecule has 0 aliphatic carbocycles. The zero-order valence-corrected chi connectivity index (χ0v) is 10.8. The molecule has 2 aromatic rings. The van der Waals surface area contributed by atoms with Gasteiger partial charge in [-0.15, -0.1) is 11.8 Å². The fourth-order valence-electron chi connectivity index (χ4n) is 1.59. The van der Waals surface area contributed by atoms with Crippen LogP contribution in [-0.4, -0.2) is 10.9 Å². The Morgan fingerprint density at radius 2 is 2.33 bits per heavy atom. The van der Waals surface area contributed by atoms with Crippen molar-refractivity contribution in [1.82, 2.24) is 5.16 Å². The molecule has 0 unspecified atom stereocenters. The first-order valence-electron chi connectivity index (χ1n) is 5.64. The van der Waals surface area contributed by atoms with E-state index in [-0.39, 0.29) is 0 Å². The van der Waals surface area contributed by atoms with Crippen LogP contribution >= 0.6 is 11.8 Å². The fraction of sp³-hybridized carbons (Fsp3) is 0.231. The molecule has 0 bridgehead atoms. The number of benzene rings is 1. The number of hydrogen-bond donors (Lipinski definition) is 1. The molecule has 92 valence electrons. The van der Waals surface area contributed by atoms with Crippen molar-refractivity contribution in [1.29, 1.82) is 5.26 Å². The third-order valence-corrected chi connectivity index (χ3v) is 3.32. The quantitative estimate of drug-likeness (QED) is 0.835. The fourth-order valence-corrected chi connectivity index (χ4v) is 2.37. The van der Waals surface area contributed by atoms with Crippen LogP contribution in [-0.2, 0) is 6.54 Å². The van der Waals surface area contributed by atoms with Gasteiger partial charge in [0.05, 0.1) is 24.0 Å². The first-order valence-corrected chi connectivity index (χ1v) is 6.63. The van der Waals surface area contributed by atoms with E-state index in [4.69, 9.17) is 4.52 Å². The average Bonchev–Trinajstić information content (AvgIpc) is 2.90. The van der Waals surface area contributed by atoms with E-state index >= 15 is 0 Å². The summed E-state index contributed by atoms with van der Waals surface area (Å²) >= 11 is 1.67. The molecule has 5 heteroatoms. The molecule has 1 N–H and O–H groups in total. The summed E-state index contributed by atoms with van der Waals surface area (Å²) in [6.07, 6.45) is 1.60. The smallest absolute Gasteiger partial charge is 0.155 e. The van der Waals surface area contributed by atoms with Crippen molar-refractivity contribution < 1.29 is 4.52 Å². The maximum atomic E-state index is 9.24. The highest BCUT2D eigenvalue weighted by molar-refractivity contribution is 7.99. The van der Waals surface area contributed by atoms with Gasteiger partial charge >= 0.3 is 0 Å². The highest BCUT2D eigenvalue weighted by Gasteiger charge is 2.08. The molecular weight excluding hydrogens is 246 g/mol. The number of hydrogen-bond acceptors (Lipinski definition) is 5. The Labute approximate surface area is 110 Å². The highest BCUT2D eigenvalue weighted by atomic mass is 32.2. The van der Waals surface area contributed by atoms with Gasteiger partial charge < -0.3 is 9.84 Å². The van der Waals surface area contributed by atoms with Crippen molar-refractivity contribution in [2.75, 3.05) is 11.1 Å². The average molecular weight is 259 g/mol. The molecule has 1 aromatic carbocycles. The molecule has 0 saturated carbocycles. The van der Waals surface area contributed by atoms with E-state index in [0.717, 1.165) is 22.1 Å². The Balaban J connectivity index is 2.17. The molecule has 1 heterocycles. The number of rotatable bonds is 5. The number of anilines is 1. The Bertz CT molecular complexity index is 546. The first-order chi connectivity index (χ1) is 8.85. The molecular formula is C13H13N3OS. The lowest BCUT2D eigenvalue weighted by Gasteiger charge is -2.09. The summed E-state index contributed by atoms with van der Waals surface area (Å²) in [4.78, 5) is 1.00. The number of thioether (sulfide) groups is 1. The van der Waals surface area contributed by atoms with Gasteiger partial charge in [0.25, 0.3) is 0 Å². The summed E-state index contributed by atoms with van der Waals surface area (Å²) in [6.45, 7) is 2.59. The molecule has 0 spiro atoms. The van der Waals surface area contributed by atoms with E-state index in [9.17, 15) is 5.26 Å². The van der Waals surface area contributed by atoms with Crippen LogP contribution in [0.3, 0.4) is 0 Å². The topological polar surface area (TPSA) is 61.9 Å². The Kier molecular flexibility index (Phi) is 4.26. The van der Waals surface area contributed by atoms with Crippen LogP contribution in [0.15, 0.2) is 39.9 Å². The standard InChI is InChI=1S/C13H13N3OS/c1-2-18-13-5-3-4-12(11(13)8-14)15-9-10-6-7-16-17-10/h3-7,15H,2,9H2,1H3. The SMILES string of the molecule is CCSc1cccc(NCc2ccno2)c1C#N. The molecule has 0 atom stereocenters. The highest BCUT2D eigenvalue weighted by Crippen LogP contribution is 2.28. The number of aromatic nitrogens is 1. The van der Waals surface area contributed by atoms with Crippen LogP contribution in [0.25, 0.3) is 0 Å². The number of nitrogens with zero attached hydrogens (tertiary/aromatic N) is 2. The van der Waals surface area contributed by atoms with Crippen molar-refractivity contribution >= 4 is 17.4 Å². The maximum absolute atomic E-state index is 9.24. The van der Waals surface area contributed by atoms with Crippen molar-refractivity contribution in [3.63, 3.8) is 0 Å². The lowest BCUT2D eigenvalue weighted by Crippen LogP contribution is -2.01. The molecule has 2 rings (SSSR count). The maximum Gasteiger partial charge on any atom is 0.155 e. The van der Waals surface area contributed by atoms with E-state index in [1.807, 2.05) is 18.2 Å². The van der Waals surface area contributed by atoms with Gasteiger partial charge in [-0.25, -0.2) is 0 Å². The van der Waals surface area contributed by atoms with Gasteiger partial charge in [-0.2, -0.15) is 5.26 Å². The van der Waals surface area contributed by atoms with Gasteiger partial charge in [0.15, 0.2) is 5.76 Å². The Hall–Kier alpha value is -1.93. The molecule has 0 radical (unpaired) electrons. The molecule has 0 amide bonds. The Morgan fingerprint density at radius 3 is 3.00 bits per heavy atom. The van der Waals surface area contributed by atoms with Gasteiger partial charge in [0.1, 0.15) is 6.07 Å². The first kappa shape index (κ1) is 12.5. The lowest BCUT2D eigenvalue weighted by atomic mass is 10.2. The van der Waals surface area contributed by atoms with Crippen molar-refractivity contribution in [2.24, 2.45) is 0 Å². The lowest BCUT2D eigenvalue weighted by molar-refractivity contribution is 0.388. The summed E-state index contributed by atoms with van der Waals surface area (Å²) in [6, 6.07) is 9.85.